The molecule has 2 aromatic heterocycles. The first kappa shape index (κ1) is 25.7. The van der Waals surface area contributed by atoms with Gasteiger partial charge >= 0.3 is 11.1 Å². The normalized spacial score (nSPS) is 19.6. The van der Waals surface area contributed by atoms with Gasteiger partial charge < -0.3 is 26.7 Å². The van der Waals surface area contributed by atoms with Crippen molar-refractivity contribution in [2.75, 3.05) is 29.6 Å². The Morgan fingerprint density at radius 3 is 2.86 bits per heavy atom. The summed E-state index contributed by atoms with van der Waals surface area (Å²) < 4.78 is 1.78. The summed E-state index contributed by atoms with van der Waals surface area (Å²) in [6, 6.07) is 0.732. The molecule has 0 aromatic carbocycles. The zero-order valence-corrected chi connectivity index (χ0v) is 21.7. The number of nitrogens with zero attached hydrogens (tertiary/aromatic N) is 5. The highest BCUT2D eigenvalue weighted by molar-refractivity contribution is 8.01. The largest absolute Gasteiger partial charge is 0.477 e. The number of fused-ring (bicyclic) bond motifs is 1. The van der Waals surface area contributed by atoms with E-state index in [1.54, 1.807) is 29.1 Å². The summed E-state index contributed by atoms with van der Waals surface area (Å²) >= 11 is 3.83. The molecule has 0 saturated carbocycles. The average molecular weight is 552 g/mol. The average Bonchev–Trinajstić information content (AvgIpc) is 3.28. The molecule has 0 bridgehead atoms. The van der Waals surface area contributed by atoms with Crippen molar-refractivity contribution in [2.24, 2.45) is 12.2 Å². The number of anilines is 2. The van der Waals surface area contributed by atoms with Crippen LogP contribution in [0.3, 0.4) is 0 Å². The molecule has 1 fully saturated rings. The summed E-state index contributed by atoms with van der Waals surface area (Å²) in [6.45, 7) is 1.93. The van der Waals surface area contributed by atoms with Crippen LogP contribution in [0.2, 0.25) is 0 Å². The van der Waals surface area contributed by atoms with Crippen molar-refractivity contribution < 1.29 is 28.9 Å². The number of amides is 2. The van der Waals surface area contributed by atoms with Gasteiger partial charge in [0.15, 0.2) is 10.8 Å². The van der Waals surface area contributed by atoms with Crippen molar-refractivity contribution >= 4 is 69.3 Å². The van der Waals surface area contributed by atoms with E-state index in [0.29, 0.717) is 28.1 Å². The molecule has 0 spiro atoms. The highest BCUT2D eigenvalue weighted by Crippen LogP contribution is 2.41. The number of carboxylic acid groups (broad SMARTS) is 1. The Morgan fingerprint density at radius 1 is 1.42 bits per heavy atom. The Bertz CT molecular complexity index is 1280. The molecule has 6 N–H and O–H groups in total. The number of aliphatic carboxylic acids is 1. The molecule has 16 heteroatoms. The van der Waals surface area contributed by atoms with E-state index in [-0.39, 0.29) is 28.8 Å². The molecule has 4 heterocycles. The van der Waals surface area contributed by atoms with Crippen LogP contribution in [0, 0.1) is 0 Å². The second kappa shape index (κ2) is 10.7. The van der Waals surface area contributed by atoms with E-state index in [1.165, 1.54) is 28.4 Å². The number of nitrogens with one attached hydrogen (secondary N) is 1. The number of aryl methyl sites for hydroxylation is 1. The van der Waals surface area contributed by atoms with Crippen molar-refractivity contribution in [1.82, 2.24) is 20.2 Å². The van der Waals surface area contributed by atoms with Crippen LogP contribution in [-0.4, -0.2) is 73.0 Å². The summed E-state index contributed by atoms with van der Waals surface area (Å²) in [6.07, 6.45) is 1.76. The van der Waals surface area contributed by atoms with Crippen LogP contribution < -0.4 is 21.4 Å². The zero-order chi connectivity index (χ0) is 26.0. The van der Waals surface area contributed by atoms with Crippen LogP contribution in [0.1, 0.15) is 12.6 Å². The van der Waals surface area contributed by atoms with Gasteiger partial charge in [0, 0.05) is 23.0 Å². The van der Waals surface area contributed by atoms with Gasteiger partial charge in [0.1, 0.15) is 29.4 Å². The quantitative estimate of drug-likeness (QED) is 0.0806. The van der Waals surface area contributed by atoms with Crippen LogP contribution in [0.5, 0.6) is 0 Å². The van der Waals surface area contributed by atoms with E-state index in [0.717, 1.165) is 11.3 Å². The first-order valence-electron chi connectivity index (χ1n) is 10.6. The molecular weight excluding hydrogens is 528 g/mol. The maximum atomic E-state index is 13.0. The van der Waals surface area contributed by atoms with E-state index >= 15 is 0 Å². The van der Waals surface area contributed by atoms with Crippen LogP contribution >= 0.6 is 34.9 Å². The van der Waals surface area contributed by atoms with E-state index in [1.807, 2.05) is 7.05 Å². The molecule has 1 unspecified atom stereocenters. The Morgan fingerprint density at radius 2 is 2.19 bits per heavy atom. The van der Waals surface area contributed by atoms with Crippen molar-refractivity contribution in [3.8, 4) is 0 Å². The van der Waals surface area contributed by atoms with Crippen LogP contribution in [0.15, 0.2) is 39.2 Å². The van der Waals surface area contributed by atoms with Crippen molar-refractivity contribution in [3.05, 3.63) is 34.6 Å². The number of nitrogen functional groups attached to an aromatic ring is 2. The molecule has 0 aliphatic carbocycles. The van der Waals surface area contributed by atoms with Gasteiger partial charge in [-0.15, -0.1) is 23.1 Å². The Hall–Kier alpha value is -3.37. The smallest absolute Gasteiger partial charge is 0.361 e. The van der Waals surface area contributed by atoms with Gasteiger partial charge in [-0.05, 0) is 29.2 Å². The van der Waals surface area contributed by atoms with Crippen molar-refractivity contribution in [3.63, 3.8) is 0 Å². The predicted molar refractivity (Wildman–Crippen MR) is 135 cm³/mol. The molecule has 2 atom stereocenters. The Balaban J connectivity index is 1.50. The third-order valence-electron chi connectivity index (χ3n) is 5.17. The van der Waals surface area contributed by atoms with Gasteiger partial charge in [-0.2, -0.15) is 0 Å². The van der Waals surface area contributed by atoms with Gasteiger partial charge in [-0.1, -0.05) is 5.16 Å². The number of carbonyl (C=O) groups is 3. The molecule has 0 radical (unpaired) electrons. The fourth-order valence-electron chi connectivity index (χ4n) is 3.50. The highest BCUT2D eigenvalue weighted by atomic mass is 32.2. The lowest BCUT2D eigenvalue weighted by molar-refractivity contribution is -0.713. The molecule has 13 nitrogen and oxygen atoms in total. The number of hydrogen-bond donors (Lipinski definition) is 4. The third kappa shape index (κ3) is 5.10. The van der Waals surface area contributed by atoms with Crippen molar-refractivity contribution in [2.45, 2.75) is 23.5 Å². The third-order valence-corrected chi connectivity index (χ3v) is 8.32. The molecule has 2 aliphatic heterocycles. The SMILES string of the molecule is CCO/N=C(\C(=O)NC1C(=O)N2C(C(=O)O)=C(CSc3nc(N)cc[n+]3C)CS[C@H]12)c1csc(N)n1. The van der Waals surface area contributed by atoms with E-state index in [9.17, 15) is 19.5 Å². The summed E-state index contributed by atoms with van der Waals surface area (Å²) in [5.74, 6) is -1.38. The van der Waals surface area contributed by atoms with Crippen LogP contribution in [0.4, 0.5) is 10.9 Å². The number of nitrogens with two attached hydrogens (primary N) is 2. The molecule has 1 saturated heterocycles. The molecule has 36 heavy (non-hydrogen) atoms. The monoisotopic (exact) mass is 551 g/mol. The lowest BCUT2D eigenvalue weighted by Crippen LogP contribution is -2.71. The minimum absolute atomic E-state index is 0.0798. The maximum Gasteiger partial charge on any atom is 0.361 e. The molecular formula is C20H23N8O5S3+. The number of hydrogen-bond acceptors (Lipinski definition) is 12. The molecule has 4 rings (SSSR count). The summed E-state index contributed by atoms with van der Waals surface area (Å²) in [7, 11) is 1.81. The number of rotatable bonds is 9. The van der Waals surface area contributed by atoms with Crippen LogP contribution in [-0.2, 0) is 26.3 Å². The lowest BCUT2D eigenvalue weighted by atomic mass is 10.0. The number of carbonyl (C=O) groups excluding carboxylic acids is 2. The van der Waals surface area contributed by atoms with E-state index in [2.05, 4.69) is 20.4 Å². The van der Waals surface area contributed by atoms with E-state index in [4.69, 9.17) is 16.3 Å². The molecule has 2 aliphatic rings. The van der Waals surface area contributed by atoms with Gasteiger partial charge in [0.05, 0.1) is 13.2 Å². The van der Waals surface area contributed by atoms with Gasteiger partial charge in [0.2, 0.25) is 5.82 Å². The number of carboxylic acids is 1. The standard InChI is InChI=1S/C20H22N8O5S3/c1-3-33-26-12(10-8-35-19(22)23-10)15(29)25-13-16(30)28-14(18(31)32)9(6-34-17(13)28)7-36-20-24-11(21)4-5-27(20)2/h4-5,8,13,17,21H,3,6-7H2,1-2H3,(H4,22,23,25,29,31,32)/p+1/b26-12-/t13?,17-/m1/s1. The van der Waals surface area contributed by atoms with Crippen molar-refractivity contribution in [1.29, 1.82) is 0 Å². The number of aromatic nitrogens is 3. The minimum atomic E-state index is -1.21. The molecule has 190 valence electrons. The topological polar surface area (TPSA) is 190 Å². The highest BCUT2D eigenvalue weighted by Gasteiger charge is 2.54. The number of β-lactam (4-membered cyclic amide) rings is 1. The second-order valence-electron chi connectivity index (χ2n) is 7.58. The number of thiazole rings is 1. The minimum Gasteiger partial charge on any atom is -0.477 e. The fraction of sp³-hybridized carbons (Fsp3) is 0.350. The van der Waals surface area contributed by atoms with Crippen LogP contribution in [0.25, 0.3) is 0 Å². The zero-order valence-electron chi connectivity index (χ0n) is 19.2. The van der Waals surface area contributed by atoms with Gasteiger partial charge in [-0.3, -0.25) is 14.5 Å². The second-order valence-corrected chi connectivity index (χ2v) is 10.5. The first-order chi connectivity index (χ1) is 17.2. The molecule has 2 aromatic rings. The summed E-state index contributed by atoms with van der Waals surface area (Å²) in [5, 5.41) is 18.2. The summed E-state index contributed by atoms with van der Waals surface area (Å²) in [5.41, 5.74) is 12.0. The number of thioether (sulfide) groups is 2. The number of oxime groups is 1. The van der Waals surface area contributed by atoms with Gasteiger partial charge in [-0.25, -0.2) is 14.3 Å². The van der Waals surface area contributed by atoms with E-state index < -0.39 is 29.2 Å². The maximum absolute atomic E-state index is 13.0. The summed E-state index contributed by atoms with van der Waals surface area (Å²) in [4.78, 5) is 52.6. The first-order valence-corrected chi connectivity index (χ1v) is 13.5. The Kier molecular flexibility index (Phi) is 7.65. The Labute approximate surface area is 218 Å². The fourth-order valence-corrected chi connectivity index (χ4v) is 6.50. The van der Waals surface area contributed by atoms with Gasteiger partial charge in [0.25, 0.3) is 11.8 Å². The molecule has 2 amide bonds. The lowest BCUT2D eigenvalue weighted by Gasteiger charge is -2.49. The predicted octanol–water partition coefficient (Wildman–Crippen LogP) is -0.201.